The third-order valence-electron chi connectivity index (χ3n) is 1.79. The van der Waals surface area contributed by atoms with Crippen LogP contribution in [-0.2, 0) is 11.3 Å². The molecule has 0 saturated heterocycles. The lowest BCUT2D eigenvalue weighted by Gasteiger charge is -2.19. The van der Waals surface area contributed by atoms with Crippen LogP contribution in [-0.4, -0.2) is 16.4 Å². The molecule has 1 aliphatic rings. The third-order valence-corrected chi connectivity index (χ3v) is 2.40. The zero-order valence-corrected chi connectivity index (χ0v) is 7.78. The van der Waals surface area contributed by atoms with Gasteiger partial charge in [0.1, 0.15) is 6.07 Å². The van der Waals surface area contributed by atoms with E-state index in [1.54, 1.807) is 10.9 Å². The summed E-state index contributed by atoms with van der Waals surface area (Å²) in [6.07, 6.45) is 1.21. The van der Waals surface area contributed by atoms with E-state index in [1.807, 2.05) is 0 Å². The second-order valence-electron chi connectivity index (χ2n) is 2.48. The Balaban J connectivity index is 2.49. The Morgan fingerprint density at radius 2 is 2.67 bits per heavy atom. The molecule has 0 spiro atoms. The summed E-state index contributed by atoms with van der Waals surface area (Å²) >= 11 is 3.32. The zero-order chi connectivity index (χ0) is 8.55. The largest absolute Gasteiger partial charge is 0.355 e. The molecule has 1 aromatic rings. The van der Waals surface area contributed by atoms with Crippen LogP contribution in [0.5, 0.6) is 0 Å². The number of nitrogens with zero attached hydrogens (tertiary/aromatic N) is 3. The molecule has 0 fully saturated rings. The number of aromatic nitrogens is 2. The van der Waals surface area contributed by atoms with Crippen molar-refractivity contribution in [3.8, 4) is 6.07 Å². The highest BCUT2D eigenvalue weighted by atomic mass is 79.9. The standard InChI is InChI=1S/C7H6BrN3O/c8-5-4-10-11-1-2-12-6(3-9)7(5)11/h4,6H,1-2H2. The molecule has 0 radical (unpaired) electrons. The summed E-state index contributed by atoms with van der Waals surface area (Å²) in [6, 6.07) is 2.07. The molecule has 1 unspecified atom stereocenters. The molecule has 1 atom stereocenters. The van der Waals surface area contributed by atoms with Gasteiger partial charge in [-0.05, 0) is 15.9 Å². The van der Waals surface area contributed by atoms with Gasteiger partial charge in [0, 0.05) is 0 Å². The van der Waals surface area contributed by atoms with Gasteiger partial charge in [0.25, 0.3) is 0 Å². The Kier molecular flexibility index (Phi) is 1.87. The minimum atomic E-state index is -0.476. The second kappa shape index (κ2) is 2.88. The molecule has 2 rings (SSSR count). The highest BCUT2D eigenvalue weighted by Crippen LogP contribution is 2.27. The summed E-state index contributed by atoms with van der Waals surface area (Å²) in [5.41, 5.74) is 0.823. The molecule has 0 N–H and O–H groups in total. The van der Waals surface area contributed by atoms with Gasteiger partial charge in [0.15, 0.2) is 6.10 Å². The minimum Gasteiger partial charge on any atom is -0.355 e. The summed E-state index contributed by atoms with van der Waals surface area (Å²) in [4.78, 5) is 0. The Hall–Kier alpha value is -0.860. The number of fused-ring (bicyclic) bond motifs is 1. The van der Waals surface area contributed by atoms with Gasteiger partial charge in [-0.15, -0.1) is 0 Å². The second-order valence-corrected chi connectivity index (χ2v) is 3.34. The predicted molar refractivity (Wildman–Crippen MR) is 44.2 cm³/mol. The molecule has 5 heteroatoms. The van der Waals surface area contributed by atoms with Gasteiger partial charge in [0.05, 0.1) is 29.5 Å². The molecule has 0 aromatic carbocycles. The minimum absolute atomic E-state index is 0.476. The molecule has 2 heterocycles. The summed E-state index contributed by atoms with van der Waals surface area (Å²) < 4.78 is 7.88. The molecule has 62 valence electrons. The van der Waals surface area contributed by atoms with E-state index in [2.05, 4.69) is 27.1 Å². The first-order chi connectivity index (χ1) is 5.83. The number of rotatable bonds is 0. The van der Waals surface area contributed by atoms with Crippen molar-refractivity contribution >= 4 is 15.9 Å². The van der Waals surface area contributed by atoms with Crippen LogP contribution in [0.15, 0.2) is 10.7 Å². The summed E-state index contributed by atoms with van der Waals surface area (Å²) in [6.45, 7) is 1.28. The number of ether oxygens (including phenoxy) is 1. The van der Waals surface area contributed by atoms with Crippen molar-refractivity contribution in [1.82, 2.24) is 9.78 Å². The lowest BCUT2D eigenvalue weighted by Crippen LogP contribution is -2.21. The van der Waals surface area contributed by atoms with Crippen LogP contribution in [0.1, 0.15) is 11.8 Å². The summed E-state index contributed by atoms with van der Waals surface area (Å²) in [7, 11) is 0. The number of hydrogen-bond donors (Lipinski definition) is 0. The van der Waals surface area contributed by atoms with E-state index >= 15 is 0 Å². The predicted octanol–water partition coefficient (Wildman–Crippen LogP) is 1.24. The van der Waals surface area contributed by atoms with Crippen molar-refractivity contribution in [2.24, 2.45) is 0 Å². The van der Waals surface area contributed by atoms with E-state index in [9.17, 15) is 0 Å². The average molecular weight is 228 g/mol. The van der Waals surface area contributed by atoms with E-state index in [-0.39, 0.29) is 0 Å². The van der Waals surface area contributed by atoms with Crippen molar-refractivity contribution < 1.29 is 4.74 Å². The van der Waals surface area contributed by atoms with Crippen molar-refractivity contribution in [3.63, 3.8) is 0 Å². The molecular weight excluding hydrogens is 222 g/mol. The van der Waals surface area contributed by atoms with Gasteiger partial charge < -0.3 is 4.74 Å². The molecule has 1 aromatic heterocycles. The van der Waals surface area contributed by atoms with E-state index < -0.39 is 6.10 Å². The molecule has 0 saturated carbocycles. The van der Waals surface area contributed by atoms with Gasteiger partial charge in [-0.25, -0.2) is 0 Å². The van der Waals surface area contributed by atoms with Crippen molar-refractivity contribution in [3.05, 3.63) is 16.4 Å². The Morgan fingerprint density at radius 3 is 3.42 bits per heavy atom. The lowest BCUT2D eigenvalue weighted by molar-refractivity contribution is 0.0511. The number of nitriles is 1. The summed E-state index contributed by atoms with van der Waals surface area (Å²) in [5, 5.41) is 12.8. The Morgan fingerprint density at radius 1 is 1.83 bits per heavy atom. The van der Waals surface area contributed by atoms with Crippen LogP contribution in [0.4, 0.5) is 0 Å². The quantitative estimate of drug-likeness (QED) is 0.671. The lowest BCUT2D eigenvalue weighted by atomic mass is 10.2. The van der Waals surface area contributed by atoms with Gasteiger partial charge in [-0.1, -0.05) is 0 Å². The maximum Gasteiger partial charge on any atom is 0.186 e. The van der Waals surface area contributed by atoms with Crippen molar-refractivity contribution in [2.45, 2.75) is 12.6 Å². The third kappa shape index (κ3) is 1.04. The molecule has 0 aliphatic carbocycles. The van der Waals surface area contributed by atoms with Crippen LogP contribution >= 0.6 is 15.9 Å². The average Bonchev–Trinajstić information content (AvgIpc) is 2.48. The van der Waals surface area contributed by atoms with Gasteiger partial charge in [-0.3, -0.25) is 4.68 Å². The SMILES string of the molecule is N#CC1OCCn2ncc(Br)c21. The Labute approximate surface area is 77.9 Å². The van der Waals surface area contributed by atoms with Crippen LogP contribution in [0.25, 0.3) is 0 Å². The van der Waals surface area contributed by atoms with Crippen LogP contribution in [0.3, 0.4) is 0 Å². The Bertz CT molecular complexity index is 341. The normalized spacial score (nSPS) is 21.5. The fourth-order valence-corrected chi connectivity index (χ4v) is 1.75. The first-order valence-corrected chi connectivity index (χ1v) is 4.34. The smallest absolute Gasteiger partial charge is 0.186 e. The molecule has 0 amide bonds. The van der Waals surface area contributed by atoms with Crippen LogP contribution < -0.4 is 0 Å². The summed E-state index contributed by atoms with van der Waals surface area (Å²) in [5.74, 6) is 0. The van der Waals surface area contributed by atoms with E-state index in [0.717, 1.165) is 16.7 Å². The maximum atomic E-state index is 8.74. The molecule has 4 nitrogen and oxygen atoms in total. The van der Waals surface area contributed by atoms with E-state index in [0.29, 0.717) is 6.61 Å². The van der Waals surface area contributed by atoms with Gasteiger partial charge in [0.2, 0.25) is 0 Å². The molecule has 0 bridgehead atoms. The van der Waals surface area contributed by atoms with E-state index in [1.165, 1.54) is 0 Å². The van der Waals surface area contributed by atoms with Gasteiger partial charge in [-0.2, -0.15) is 10.4 Å². The first kappa shape index (κ1) is 7.77. The monoisotopic (exact) mass is 227 g/mol. The molecule has 12 heavy (non-hydrogen) atoms. The highest BCUT2D eigenvalue weighted by Gasteiger charge is 2.23. The maximum absolute atomic E-state index is 8.74. The highest BCUT2D eigenvalue weighted by molar-refractivity contribution is 9.10. The van der Waals surface area contributed by atoms with Crippen LogP contribution in [0, 0.1) is 11.3 Å². The topological polar surface area (TPSA) is 50.8 Å². The van der Waals surface area contributed by atoms with E-state index in [4.69, 9.17) is 10.00 Å². The zero-order valence-electron chi connectivity index (χ0n) is 6.20. The fourth-order valence-electron chi connectivity index (χ4n) is 1.25. The first-order valence-electron chi connectivity index (χ1n) is 3.55. The molecular formula is C7H6BrN3O. The van der Waals surface area contributed by atoms with Crippen molar-refractivity contribution in [2.75, 3.05) is 6.61 Å². The fraction of sp³-hybridized carbons (Fsp3) is 0.429. The van der Waals surface area contributed by atoms with Gasteiger partial charge >= 0.3 is 0 Å². The number of halogens is 1. The van der Waals surface area contributed by atoms with Crippen LogP contribution in [0.2, 0.25) is 0 Å². The number of hydrogen-bond acceptors (Lipinski definition) is 3. The molecule has 1 aliphatic heterocycles. The van der Waals surface area contributed by atoms with Crippen molar-refractivity contribution in [1.29, 1.82) is 5.26 Å².